The number of carbonyl (C=O) groups excluding carboxylic acids is 1. The molecule has 1 aliphatic heterocycles. The molecular weight excluding hydrogens is 382 g/mol. The SMILES string of the molecule is COc1cc(CNC(=O)c2ccc(C3SCCS3)cc2)cc(OC)c1OC. The first-order chi connectivity index (χ1) is 13.2. The molecule has 1 aliphatic rings. The summed E-state index contributed by atoms with van der Waals surface area (Å²) in [6.45, 7) is 0.367. The third kappa shape index (κ3) is 4.65. The Balaban J connectivity index is 1.66. The Morgan fingerprint density at radius 3 is 2.11 bits per heavy atom. The lowest BCUT2D eigenvalue weighted by atomic mass is 10.1. The molecule has 0 spiro atoms. The van der Waals surface area contributed by atoms with E-state index < -0.39 is 0 Å². The van der Waals surface area contributed by atoms with Gasteiger partial charge in [0.25, 0.3) is 5.91 Å². The molecule has 0 bridgehead atoms. The number of hydrogen-bond donors (Lipinski definition) is 1. The van der Waals surface area contributed by atoms with Gasteiger partial charge in [0.05, 0.1) is 25.9 Å². The largest absolute Gasteiger partial charge is 0.493 e. The van der Waals surface area contributed by atoms with Crippen LogP contribution in [0.2, 0.25) is 0 Å². The van der Waals surface area contributed by atoms with Crippen LogP contribution in [0, 0.1) is 0 Å². The Hall–Kier alpha value is -1.99. The normalized spacial score (nSPS) is 14.0. The van der Waals surface area contributed by atoms with E-state index in [1.54, 1.807) is 21.3 Å². The van der Waals surface area contributed by atoms with E-state index in [4.69, 9.17) is 14.2 Å². The molecule has 27 heavy (non-hydrogen) atoms. The van der Waals surface area contributed by atoms with Crippen LogP contribution in [0.5, 0.6) is 17.2 Å². The van der Waals surface area contributed by atoms with E-state index >= 15 is 0 Å². The van der Waals surface area contributed by atoms with E-state index in [2.05, 4.69) is 5.32 Å². The molecular formula is C20H23NO4S2. The summed E-state index contributed by atoms with van der Waals surface area (Å²) in [4.78, 5) is 12.5. The van der Waals surface area contributed by atoms with Crippen LogP contribution < -0.4 is 19.5 Å². The van der Waals surface area contributed by atoms with Gasteiger partial charge in [0.2, 0.25) is 5.75 Å². The molecule has 0 aromatic heterocycles. The minimum Gasteiger partial charge on any atom is -0.493 e. The topological polar surface area (TPSA) is 56.8 Å². The van der Waals surface area contributed by atoms with Crippen molar-refractivity contribution in [3.8, 4) is 17.2 Å². The first-order valence-corrected chi connectivity index (χ1v) is 10.7. The van der Waals surface area contributed by atoms with Gasteiger partial charge in [-0.3, -0.25) is 4.79 Å². The minimum atomic E-state index is -0.109. The van der Waals surface area contributed by atoms with Gasteiger partial charge in [0, 0.05) is 23.6 Å². The van der Waals surface area contributed by atoms with Crippen LogP contribution in [-0.4, -0.2) is 38.7 Å². The summed E-state index contributed by atoms with van der Waals surface area (Å²) in [5, 5.41) is 2.94. The molecule has 1 N–H and O–H groups in total. The van der Waals surface area contributed by atoms with Gasteiger partial charge in [-0.25, -0.2) is 0 Å². The lowest BCUT2D eigenvalue weighted by Gasteiger charge is -2.14. The van der Waals surface area contributed by atoms with Crippen molar-refractivity contribution in [2.24, 2.45) is 0 Å². The van der Waals surface area contributed by atoms with Crippen LogP contribution in [0.25, 0.3) is 0 Å². The molecule has 0 atom stereocenters. The number of hydrogen-bond acceptors (Lipinski definition) is 6. The summed E-state index contributed by atoms with van der Waals surface area (Å²) < 4.78 is 16.5. The maximum atomic E-state index is 12.5. The van der Waals surface area contributed by atoms with Crippen molar-refractivity contribution in [1.82, 2.24) is 5.32 Å². The molecule has 2 aromatic carbocycles. The highest BCUT2D eigenvalue weighted by Gasteiger charge is 2.18. The summed E-state index contributed by atoms with van der Waals surface area (Å²) >= 11 is 3.91. The Bertz CT molecular complexity index is 764. The van der Waals surface area contributed by atoms with Crippen molar-refractivity contribution in [3.63, 3.8) is 0 Å². The molecule has 1 saturated heterocycles. The molecule has 3 rings (SSSR count). The fraction of sp³-hybridized carbons (Fsp3) is 0.350. The first-order valence-electron chi connectivity index (χ1n) is 8.56. The van der Waals surface area contributed by atoms with Gasteiger partial charge in [-0.05, 0) is 35.4 Å². The van der Waals surface area contributed by atoms with Crippen molar-refractivity contribution in [1.29, 1.82) is 0 Å². The highest BCUT2D eigenvalue weighted by Crippen LogP contribution is 2.45. The summed E-state index contributed by atoms with van der Waals surface area (Å²) in [6, 6.07) is 11.5. The molecule has 1 fully saturated rings. The predicted octanol–water partition coefficient (Wildman–Crippen LogP) is 4.12. The molecule has 0 unspecified atom stereocenters. The zero-order valence-electron chi connectivity index (χ0n) is 15.6. The molecule has 0 radical (unpaired) electrons. The molecule has 1 heterocycles. The van der Waals surface area contributed by atoms with Crippen molar-refractivity contribution in [2.75, 3.05) is 32.8 Å². The molecule has 7 heteroatoms. The fourth-order valence-electron chi connectivity index (χ4n) is 2.86. The van der Waals surface area contributed by atoms with E-state index in [1.165, 1.54) is 17.1 Å². The van der Waals surface area contributed by atoms with E-state index in [1.807, 2.05) is 59.9 Å². The second-order valence-corrected chi connectivity index (χ2v) is 8.64. The third-order valence-electron chi connectivity index (χ3n) is 4.24. The summed E-state index contributed by atoms with van der Waals surface area (Å²) in [7, 11) is 4.71. The monoisotopic (exact) mass is 405 g/mol. The van der Waals surface area contributed by atoms with Crippen LogP contribution in [0.15, 0.2) is 36.4 Å². The quantitative estimate of drug-likeness (QED) is 0.748. The number of rotatable bonds is 7. The second kappa shape index (κ2) is 9.28. The number of nitrogens with one attached hydrogen (secondary N) is 1. The summed E-state index contributed by atoms with van der Waals surface area (Å²) in [5.41, 5.74) is 2.79. The number of amides is 1. The molecule has 5 nitrogen and oxygen atoms in total. The number of benzene rings is 2. The van der Waals surface area contributed by atoms with E-state index in [-0.39, 0.29) is 5.91 Å². The minimum absolute atomic E-state index is 0.109. The third-order valence-corrected chi connectivity index (χ3v) is 7.35. The number of methoxy groups -OCH3 is 3. The Kier molecular flexibility index (Phi) is 6.79. The number of thioether (sulfide) groups is 2. The average Bonchev–Trinajstić information content (AvgIpc) is 3.26. The zero-order valence-corrected chi connectivity index (χ0v) is 17.2. The van der Waals surface area contributed by atoms with Crippen molar-refractivity contribution in [2.45, 2.75) is 11.1 Å². The molecule has 0 saturated carbocycles. The lowest BCUT2D eigenvalue weighted by molar-refractivity contribution is 0.0951. The van der Waals surface area contributed by atoms with Crippen LogP contribution in [-0.2, 0) is 6.54 Å². The molecule has 1 amide bonds. The smallest absolute Gasteiger partial charge is 0.251 e. The molecule has 144 valence electrons. The van der Waals surface area contributed by atoms with Gasteiger partial charge in [-0.15, -0.1) is 23.5 Å². The molecule has 0 aliphatic carbocycles. The number of ether oxygens (including phenoxy) is 3. The summed E-state index contributed by atoms with van der Waals surface area (Å²) in [5.74, 6) is 3.93. The number of carbonyl (C=O) groups is 1. The van der Waals surface area contributed by atoms with Crippen molar-refractivity contribution >= 4 is 29.4 Å². The molecule has 2 aromatic rings. The van der Waals surface area contributed by atoms with Crippen molar-refractivity contribution < 1.29 is 19.0 Å². The van der Waals surface area contributed by atoms with E-state index in [9.17, 15) is 4.79 Å². The van der Waals surface area contributed by atoms with Gasteiger partial charge < -0.3 is 19.5 Å². The van der Waals surface area contributed by atoms with Gasteiger partial charge in [0.1, 0.15) is 0 Å². The zero-order chi connectivity index (χ0) is 19.2. The van der Waals surface area contributed by atoms with Gasteiger partial charge >= 0.3 is 0 Å². The van der Waals surface area contributed by atoms with Crippen LogP contribution in [0.1, 0.15) is 26.1 Å². The fourth-order valence-corrected chi connectivity index (χ4v) is 5.72. The maximum Gasteiger partial charge on any atom is 0.251 e. The lowest BCUT2D eigenvalue weighted by Crippen LogP contribution is -2.22. The Labute approximate surface area is 168 Å². The average molecular weight is 406 g/mol. The standard InChI is InChI=1S/C20H23NO4S2/c1-23-16-10-13(11-17(24-2)18(16)25-3)12-21-19(22)14-4-6-15(7-5-14)20-26-8-9-27-20/h4-7,10-11,20H,8-9,12H2,1-3H3,(H,21,22). The van der Waals surface area contributed by atoms with Crippen LogP contribution in [0.3, 0.4) is 0 Å². The van der Waals surface area contributed by atoms with Gasteiger partial charge in [0.15, 0.2) is 11.5 Å². The predicted molar refractivity (Wildman–Crippen MR) is 111 cm³/mol. The van der Waals surface area contributed by atoms with Crippen molar-refractivity contribution in [3.05, 3.63) is 53.1 Å². The van der Waals surface area contributed by atoms with Crippen LogP contribution in [0.4, 0.5) is 0 Å². The van der Waals surface area contributed by atoms with E-state index in [0.29, 0.717) is 33.9 Å². The van der Waals surface area contributed by atoms with E-state index in [0.717, 1.165) is 5.56 Å². The summed E-state index contributed by atoms with van der Waals surface area (Å²) in [6.07, 6.45) is 0. The Morgan fingerprint density at radius 1 is 1.00 bits per heavy atom. The first kappa shape index (κ1) is 19.8. The maximum absolute atomic E-state index is 12.5. The Morgan fingerprint density at radius 2 is 1.59 bits per heavy atom. The highest BCUT2D eigenvalue weighted by atomic mass is 32.2. The van der Waals surface area contributed by atoms with Gasteiger partial charge in [-0.1, -0.05) is 12.1 Å². The van der Waals surface area contributed by atoms with Crippen LogP contribution >= 0.6 is 23.5 Å². The second-order valence-electron chi connectivity index (χ2n) is 5.91. The highest BCUT2D eigenvalue weighted by molar-refractivity contribution is 8.19. The van der Waals surface area contributed by atoms with Gasteiger partial charge in [-0.2, -0.15) is 0 Å².